The number of nitrogens with zero attached hydrogens (tertiary/aromatic N) is 2. The second-order valence-electron chi connectivity index (χ2n) is 8.04. The molecular weight excluding hydrogens is 472 g/mol. The van der Waals surface area contributed by atoms with Crippen molar-refractivity contribution in [2.75, 3.05) is 4.31 Å². The number of aromatic nitrogens is 1. The first kappa shape index (κ1) is 25.5. The van der Waals surface area contributed by atoms with Gasteiger partial charge in [-0.15, -0.1) is 0 Å². The molecule has 3 aromatic rings. The molecule has 0 fully saturated rings. The smallest absolute Gasteiger partial charge is 0.303 e. The molecule has 0 aliphatic rings. The molecule has 0 saturated carbocycles. The molecule has 8 heteroatoms. The Balaban J connectivity index is 1.95. The first-order chi connectivity index (χ1) is 16.2. The first-order valence-corrected chi connectivity index (χ1v) is 12.7. The summed E-state index contributed by atoms with van der Waals surface area (Å²) in [5.74, 6) is -0.823. The molecular formula is C26H27ClN2O4S. The lowest BCUT2D eigenvalue weighted by atomic mass is 9.97. The molecule has 1 aromatic heterocycles. The van der Waals surface area contributed by atoms with Crippen LogP contribution < -0.4 is 4.31 Å². The molecule has 0 radical (unpaired) electrons. The number of carboxylic acid groups (broad SMARTS) is 1. The Morgan fingerprint density at radius 2 is 1.74 bits per heavy atom. The molecule has 0 spiro atoms. The van der Waals surface area contributed by atoms with Crippen molar-refractivity contribution < 1.29 is 18.3 Å². The Hall–Kier alpha value is -3.16. The van der Waals surface area contributed by atoms with Crippen LogP contribution in [0.3, 0.4) is 0 Å². The molecule has 6 nitrogen and oxygen atoms in total. The zero-order chi connectivity index (χ0) is 24.7. The zero-order valence-electron chi connectivity index (χ0n) is 19.1. The van der Waals surface area contributed by atoms with Crippen LogP contribution in [0.4, 0.5) is 5.69 Å². The minimum atomic E-state index is -3.79. The number of carbonyl (C=O) groups is 1. The van der Waals surface area contributed by atoms with E-state index in [1.165, 1.54) is 16.4 Å². The van der Waals surface area contributed by atoms with E-state index in [1.807, 2.05) is 44.2 Å². The largest absolute Gasteiger partial charge is 0.481 e. The van der Waals surface area contributed by atoms with Gasteiger partial charge in [-0.25, -0.2) is 8.42 Å². The van der Waals surface area contributed by atoms with Gasteiger partial charge >= 0.3 is 5.97 Å². The maximum absolute atomic E-state index is 13.4. The van der Waals surface area contributed by atoms with Crippen molar-refractivity contribution in [2.24, 2.45) is 0 Å². The molecule has 0 atom stereocenters. The molecule has 34 heavy (non-hydrogen) atoms. The summed E-state index contributed by atoms with van der Waals surface area (Å²) in [7, 11) is -3.79. The highest BCUT2D eigenvalue weighted by atomic mass is 35.5. The summed E-state index contributed by atoms with van der Waals surface area (Å²) in [6, 6.07) is 16.9. The molecule has 0 amide bonds. The first-order valence-electron chi connectivity index (χ1n) is 10.9. The number of halogens is 1. The fourth-order valence-corrected chi connectivity index (χ4v) is 5.43. The van der Waals surface area contributed by atoms with Gasteiger partial charge in [0.1, 0.15) is 0 Å². The standard InChI is InChI=1S/C26H27ClN2O4S/c1-19(2)29(34(32,33)24-15-11-22(27)12-16-24)23-13-9-20(10-14-23)25(7-3-4-8-26(30)31)21-6-5-17-28-18-21/h5-7,9-19H,3-4,8H2,1-2H3,(H,30,31). The van der Waals surface area contributed by atoms with Gasteiger partial charge in [0.05, 0.1) is 10.6 Å². The van der Waals surface area contributed by atoms with Gasteiger partial charge in [-0.1, -0.05) is 35.9 Å². The highest BCUT2D eigenvalue weighted by Crippen LogP contribution is 2.30. The van der Waals surface area contributed by atoms with Gasteiger partial charge in [0.15, 0.2) is 0 Å². The molecule has 0 bridgehead atoms. The van der Waals surface area contributed by atoms with Crippen molar-refractivity contribution in [2.45, 2.75) is 44.0 Å². The Morgan fingerprint density at radius 1 is 1.06 bits per heavy atom. The minimum absolute atomic E-state index is 0.0989. The van der Waals surface area contributed by atoms with Crippen LogP contribution >= 0.6 is 11.6 Å². The fraction of sp³-hybridized carbons (Fsp3) is 0.231. The lowest BCUT2D eigenvalue weighted by Crippen LogP contribution is -2.37. The summed E-state index contributed by atoms with van der Waals surface area (Å²) in [5.41, 5.74) is 3.26. The number of carboxylic acids is 1. The fourth-order valence-electron chi connectivity index (χ4n) is 3.65. The summed E-state index contributed by atoms with van der Waals surface area (Å²) in [6.07, 6.45) is 6.67. The lowest BCUT2D eigenvalue weighted by molar-refractivity contribution is -0.137. The van der Waals surface area contributed by atoms with E-state index in [0.29, 0.717) is 23.6 Å². The van der Waals surface area contributed by atoms with Gasteiger partial charge in [0.2, 0.25) is 0 Å². The third-order valence-electron chi connectivity index (χ3n) is 5.19. The topological polar surface area (TPSA) is 87.6 Å². The van der Waals surface area contributed by atoms with Crippen molar-refractivity contribution in [3.8, 4) is 0 Å². The Bertz CT molecular complexity index is 1240. The molecule has 178 valence electrons. The van der Waals surface area contributed by atoms with Gasteiger partial charge in [0.25, 0.3) is 10.0 Å². The number of benzene rings is 2. The van der Waals surface area contributed by atoms with E-state index in [1.54, 1.807) is 36.7 Å². The van der Waals surface area contributed by atoms with Crippen LogP contribution in [-0.4, -0.2) is 30.5 Å². The quantitative estimate of drug-likeness (QED) is 0.345. The monoisotopic (exact) mass is 498 g/mol. The molecule has 0 unspecified atom stereocenters. The molecule has 0 aliphatic carbocycles. The second kappa shape index (κ2) is 11.3. The molecule has 3 rings (SSSR count). The molecule has 2 aromatic carbocycles. The third kappa shape index (κ3) is 6.24. The van der Waals surface area contributed by atoms with Crippen LogP contribution in [0.1, 0.15) is 44.2 Å². The van der Waals surface area contributed by atoms with Crippen LogP contribution in [0.5, 0.6) is 0 Å². The zero-order valence-corrected chi connectivity index (χ0v) is 20.6. The normalized spacial score (nSPS) is 12.1. The Morgan fingerprint density at radius 3 is 2.29 bits per heavy atom. The van der Waals surface area contributed by atoms with Crippen molar-refractivity contribution in [3.05, 3.63) is 95.3 Å². The maximum Gasteiger partial charge on any atom is 0.303 e. The molecule has 0 saturated heterocycles. The minimum Gasteiger partial charge on any atom is -0.481 e. The van der Waals surface area contributed by atoms with Crippen LogP contribution in [0, 0.1) is 0 Å². The summed E-state index contributed by atoms with van der Waals surface area (Å²) in [4.78, 5) is 15.2. The van der Waals surface area contributed by atoms with Crippen LogP contribution in [0.2, 0.25) is 5.02 Å². The number of sulfonamides is 1. The Labute approximate surface area is 205 Å². The van der Waals surface area contributed by atoms with E-state index in [2.05, 4.69) is 4.98 Å². The lowest BCUT2D eigenvalue weighted by Gasteiger charge is -2.28. The predicted octanol–water partition coefficient (Wildman–Crippen LogP) is 6.03. The van der Waals surface area contributed by atoms with Gasteiger partial charge < -0.3 is 5.11 Å². The highest BCUT2D eigenvalue weighted by Gasteiger charge is 2.27. The molecule has 1 N–H and O–H groups in total. The predicted molar refractivity (Wildman–Crippen MR) is 135 cm³/mol. The number of aliphatic carboxylic acids is 1. The van der Waals surface area contributed by atoms with Crippen LogP contribution in [-0.2, 0) is 14.8 Å². The van der Waals surface area contributed by atoms with Crippen molar-refractivity contribution in [3.63, 3.8) is 0 Å². The molecule has 0 aliphatic heterocycles. The van der Waals surface area contributed by atoms with Crippen LogP contribution in [0.15, 0.2) is 84.0 Å². The average molecular weight is 499 g/mol. The Kier molecular flexibility index (Phi) is 8.47. The van der Waals surface area contributed by atoms with E-state index in [0.717, 1.165) is 16.7 Å². The van der Waals surface area contributed by atoms with E-state index in [-0.39, 0.29) is 17.4 Å². The summed E-state index contributed by atoms with van der Waals surface area (Å²) >= 11 is 5.93. The number of pyridine rings is 1. The number of hydrogen-bond donors (Lipinski definition) is 1. The number of rotatable bonds is 10. The van der Waals surface area contributed by atoms with E-state index >= 15 is 0 Å². The summed E-state index contributed by atoms with van der Waals surface area (Å²) in [6.45, 7) is 3.65. The SMILES string of the molecule is CC(C)N(c1ccc(C(=CCCCC(=O)O)c2cccnc2)cc1)S(=O)(=O)c1ccc(Cl)cc1. The van der Waals surface area contributed by atoms with E-state index in [9.17, 15) is 13.2 Å². The average Bonchev–Trinajstić information content (AvgIpc) is 2.80. The van der Waals surface area contributed by atoms with E-state index in [4.69, 9.17) is 16.7 Å². The van der Waals surface area contributed by atoms with Gasteiger partial charge in [0, 0.05) is 35.4 Å². The van der Waals surface area contributed by atoms with Crippen molar-refractivity contribution >= 4 is 38.9 Å². The van der Waals surface area contributed by atoms with Crippen LogP contribution in [0.25, 0.3) is 5.57 Å². The van der Waals surface area contributed by atoms with Gasteiger partial charge in [-0.3, -0.25) is 14.1 Å². The maximum atomic E-state index is 13.4. The van der Waals surface area contributed by atoms with E-state index < -0.39 is 16.0 Å². The number of anilines is 1. The highest BCUT2D eigenvalue weighted by molar-refractivity contribution is 7.92. The third-order valence-corrected chi connectivity index (χ3v) is 7.46. The number of allylic oxidation sites excluding steroid dienone is 1. The van der Waals surface area contributed by atoms with Crippen molar-refractivity contribution in [1.82, 2.24) is 4.98 Å². The second-order valence-corrected chi connectivity index (χ2v) is 10.3. The van der Waals surface area contributed by atoms with Crippen molar-refractivity contribution in [1.29, 1.82) is 0 Å². The summed E-state index contributed by atoms with van der Waals surface area (Å²) < 4.78 is 28.1. The number of hydrogen-bond acceptors (Lipinski definition) is 4. The van der Waals surface area contributed by atoms with Gasteiger partial charge in [-0.2, -0.15) is 0 Å². The summed E-state index contributed by atoms with van der Waals surface area (Å²) in [5, 5.41) is 9.38. The molecule has 1 heterocycles. The number of unbranched alkanes of at least 4 members (excludes halogenated alkanes) is 1. The van der Waals surface area contributed by atoms with Gasteiger partial charge in [-0.05, 0) is 80.3 Å².